The van der Waals surface area contributed by atoms with Crippen LogP contribution in [0.5, 0.6) is 0 Å². The molecule has 7 heteroatoms. The van der Waals surface area contributed by atoms with E-state index in [1.165, 1.54) is 0 Å². The molecule has 0 rings (SSSR count). The van der Waals surface area contributed by atoms with E-state index in [0.717, 1.165) is 0 Å². The molecule has 1 unspecified atom stereocenters. The van der Waals surface area contributed by atoms with Gasteiger partial charge in [0, 0.05) is 0 Å². The van der Waals surface area contributed by atoms with E-state index in [-0.39, 0.29) is 0 Å². The summed E-state index contributed by atoms with van der Waals surface area (Å²) in [5.41, 5.74) is -2.07. The second kappa shape index (κ2) is 4.97. The average molecular weight is 284 g/mol. The Morgan fingerprint density at radius 1 is 1.21 bits per heavy atom. The highest BCUT2D eigenvalue weighted by Crippen LogP contribution is 2.34. The minimum Gasteiger partial charge on any atom is -0.429 e. The molecule has 0 aromatic heterocycles. The van der Waals surface area contributed by atoms with Crippen LogP contribution in [-0.2, 0) is 9.47 Å². The lowest BCUT2D eigenvalue weighted by atomic mass is 10.2. The van der Waals surface area contributed by atoms with E-state index in [9.17, 15) is 4.79 Å². The second-order valence-electron chi connectivity index (χ2n) is 3.44. The van der Waals surface area contributed by atoms with Crippen molar-refractivity contribution >= 4 is 52.6 Å². The third-order valence-electron chi connectivity index (χ3n) is 0.847. The van der Waals surface area contributed by atoms with Crippen molar-refractivity contribution in [3.05, 3.63) is 0 Å². The highest BCUT2D eigenvalue weighted by molar-refractivity contribution is 6.70. The number of alkyl halides is 4. The molecular formula is C7H10Cl4O3. The molecule has 0 aromatic rings. The van der Waals surface area contributed by atoms with Gasteiger partial charge in [0.15, 0.2) is 0 Å². The minimum atomic E-state index is -1.88. The molecule has 0 aromatic carbocycles. The highest BCUT2D eigenvalue weighted by Gasteiger charge is 2.35. The van der Waals surface area contributed by atoms with Crippen molar-refractivity contribution in [3.8, 4) is 0 Å². The lowest BCUT2D eigenvalue weighted by Gasteiger charge is -2.22. The fourth-order valence-corrected chi connectivity index (χ4v) is 0.632. The first-order valence-corrected chi connectivity index (χ1v) is 5.20. The Labute approximate surface area is 103 Å². The largest absolute Gasteiger partial charge is 0.510 e. The van der Waals surface area contributed by atoms with Crippen molar-refractivity contribution in [3.63, 3.8) is 0 Å². The summed E-state index contributed by atoms with van der Waals surface area (Å²) in [7, 11) is 0. The molecule has 0 saturated carbocycles. The fourth-order valence-electron chi connectivity index (χ4n) is 0.425. The predicted molar refractivity (Wildman–Crippen MR) is 57.3 cm³/mol. The van der Waals surface area contributed by atoms with E-state index in [0.29, 0.717) is 0 Å². The molecular weight excluding hydrogens is 274 g/mol. The molecule has 0 amide bonds. The molecule has 0 aliphatic carbocycles. The van der Waals surface area contributed by atoms with Gasteiger partial charge in [-0.15, -0.1) is 0 Å². The zero-order valence-corrected chi connectivity index (χ0v) is 10.8. The number of hydrogen-bond donors (Lipinski definition) is 0. The van der Waals surface area contributed by atoms with Gasteiger partial charge in [0.2, 0.25) is 9.36 Å². The first kappa shape index (κ1) is 14.4. The first-order valence-electron chi connectivity index (χ1n) is 3.63. The van der Waals surface area contributed by atoms with Crippen molar-refractivity contribution in [1.29, 1.82) is 0 Å². The number of hydrogen-bond acceptors (Lipinski definition) is 3. The van der Waals surface area contributed by atoms with E-state index in [1.54, 1.807) is 20.8 Å². The van der Waals surface area contributed by atoms with E-state index in [1.807, 2.05) is 0 Å². The molecule has 0 saturated heterocycles. The van der Waals surface area contributed by atoms with E-state index >= 15 is 0 Å². The molecule has 3 nitrogen and oxygen atoms in total. The van der Waals surface area contributed by atoms with Gasteiger partial charge in [-0.1, -0.05) is 46.4 Å². The zero-order chi connectivity index (χ0) is 11.6. The smallest absolute Gasteiger partial charge is 0.429 e. The quantitative estimate of drug-likeness (QED) is 0.541. The van der Waals surface area contributed by atoms with Crippen LogP contribution in [0.2, 0.25) is 0 Å². The van der Waals surface area contributed by atoms with Gasteiger partial charge in [-0.25, -0.2) is 4.79 Å². The average Bonchev–Trinajstić information content (AvgIpc) is 1.79. The molecule has 14 heavy (non-hydrogen) atoms. The van der Waals surface area contributed by atoms with Gasteiger partial charge in [-0.05, 0) is 20.8 Å². The fraction of sp³-hybridized carbons (Fsp3) is 0.857. The summed E-state index contributed by atoms with van der Waals surface area (Å²) in [5.74, 6) is 0. The van der Waals surface area contributed by atoms with Crippen LogP contribution in [0.1, 0.15) is 20.8 Å². The summed E-state index contributed by atoms with van der Waals surface area (Å²) >= 11 is 21.6. The van der Waals surface area contributed by atoms with Crippen molar-refractivity contribution in [2.45, 2.75) is 35.7 Å². The molecule has 0 spiro atoms. The molecule has 0 radical (unpaired) electrons. The monoisotopic (exact) mass is 282 g/mol. The summed E-state index contributed by atoms with van der Waals surface area (Å²) in [4.78, 5) is 11.0. The van der Waals surface area contributed by atoms with Crippen LogP contribution in [-0.4, -0.2) is 21.1 Å². The molecule has 0 bridgehead atoms. The Morgan fingerprint density at radius 2 is 1.64 bits per heavy atom. The van der Waals surface area contributed by atoms with Gasteiger partial charge in [-0.3, -0.25) is 0 Å². The van der Waals surface area contributed by atoms with Gasteiger partial charge in [0.1, 0.15) is 5.60 Å². The van der Waals surface area contributed by atoms with Gasteiger partial charge >= 0.3 is 6.16 Å². The van der Waals surface area contributed by atoms with E-state index in [4.69, 9.17) is 51.1 Å². The number of carbonyl (C=O) groups is 1. The lowest BCUT2D eigenvalue weighted by molar-refractivity contribution is -0.0125. The number of ether oxygens (including phenoxy) is 2. The van der Waals surface area contributed by atoms with E-state index in [2.05, 4.69) is 4.74 Å². The number of carbonyl (C=O) groups excluding carboxylic acids is 1. The van der Waals surface area contributed by atoms with Crippen LogP contribution in [0.3, 0.4) is 0 Å². The van der Waals surface area contributed by atoms with Crippen LogP contribution in [0, 0.1) is 0 Å². The highest BCUT2D eigenvalue weighted by atomic mass is 35.6. The van der Waals surface area contributed by atoms with Crippen LogP contribution in [0.15, 0.2) is 0 Å². The molecule has 1 atom stereocenters. The summed E-state index contributed by atoms with van der Waals surface area (Å²) in [6, 6.07) is 0. The maximum atomic E-state index is 11.0. The van der Waals surface area contributed by atoms with Crippen molar-refractivity contribution in [1.82, 2.24) is 0 Å². The Kier molecular flexibility index (Phi) is 5.12. The standard InChI is InChI=1S/C7H10Cl4O3/c1-6(2,3)14-5(12)13-4(8)7(9,10)11/h4H,1-3H3. The first-order chi connectivity index (χ1) is 6.02. The van der Waals surface area contributed by atoms with Gasteiger partial charge in [-0.2, -0.15) is 0 Å². The number of halogens is 4. The van der Waals surface area contributed by atoms with Crippen LogP contribution < -0.4 is 0 Å². The molecule has 0 aliphatic heterocycles. The summed E-state index contributed by atoms with van der Waals surface area (Å²) < 4.78 is 7.40. The van der Waals surface area contributed by atoms with Crippen LogP contribution in [0.4, 0.5) is 4.79 Å². The maximum absolute atomic E-state index is 11.0. The van der Waals surface area contributed by atoms with Crippen molar-refractivity contribution < 1.29 is 14.3 Å². The van der Waals surface area contributed by atoms with Crippen LogP contribution >= 0.6 is 46.4 Å². The Morgan fingerprint density at radius 3 is 1.93 bits per heavy atom. The number of rotatable bonds is 1. The predicted octanol–water partition coefficient (Wildman–Crippen LogP) is 3.87. The van der Waals surface area contributed by atoms with Gasteiger partial charge < -0.3 is 9.47 Å². The van der Waals surface area contributed by atoms with Crippen molar-refractivity contribution in [2.24, 2.45) is 0 Å². The van der Waals surface area contributed by atoms with E-state index < -0.39 is 21.1 Å². The second-order valence-corrected chi connectivity index (χ2v) is 6.21. The Bertz CT molecular complexity index is 206. The Balaban J connectivity index is 4.09. The van der Waals surface area contributed by atoms with Crippen LogP contribution in [0.25, 0.3) is 0 Å². The molecule has 0 heterocycles. The topological polar surface area (TPSA) is 35.5 Å². The van der Waals surface area contributed by atoms with Gasteiger partial charge in [0.25, 0.3) is 0 Å². The summed E-state index contributed by atoms with van der Waals surface area (Å²) in [6.45, 7) is 5.02. The molecule has 84 valence electrons. The summed E-state index contributed by atoms with van der Waals surface area (Å²) in [5, 5.41) is 0. The van der Waals surface area contributed by atoms with Gasteiger partial charge in [0.05, 0.1) is 0 Å². The normalized spacial score (nSPS) is 14.8. The minimum absolute atomic E-state index is 0.679. The third kappa shape index (κ3) is 6.82. The summed E-state index contributed by atoms with van der Waals surface area (Å²) in [6.07, 6.45) is -0.983. The molecule has 0 fully saturated rings. The lowest BCUT2D eigenvalue weighted by Crippen LogP contribution is -2.30. The molecule has 0 N–H and O–H groups in total. The maximum Gasteiger partial charge on any atom is 0.510 e. The SMILES string of the molecule is CC(C)(C)OC(=O)OC(Cl)C(Cl)(Cl)Cl. The zero-order valence-electron chi connectivity index (χ0n) is 7.81. The van der Waals surface area contributed by atoms with Crippen molar-refractivity contribution in [2.75, 3.05) is 0 Å². The third-order valence-corrected chi connectivity index (χ3v) is 2.19. The Hall–Kier alpha value is 0.430. The molecule has 0 aliphatic rings.